The van der Waals surface area contributed by atoms with Crippen LogP contribution in [0.25, 0.3) is 0 Å². The molecule has 9 nitrogen and oxygen atoms in total. The molecule has 1 heterocycles. The maximum Gasteiger partial charge on any atom is 0.309 e. The molecule has 0 fully saturated rings. The van der Waals surface area contributed by atoms with Gasteiger partial charge in [0.25, 0.3) is 0 Å². The summed E-state index contributed by atoms with van der Waals surface area (Å²) >= 11 is 0. The first-order chi connectivity index (χ1) is 18.2. The Morgan fingerprint density at radius 1 is 1.28 bits per heavy atom. The highest BCUT2D eigenvalue weighted by Crippen LogP contribution is 2.27. The Morgan fingerprint density at radius 2 is 1.95 bits per heavy atom. The lowest BCUT2D eigenvalue weighted by molar-refractivity contribution is -0.157. The Hall–Kier alpha value is -2.04. The first-order valence-corrected chi connectivity index (χ1v) is 13.8. The molecule has 9 atom stereocenters. The number of cyclic esters (lactones) is 1. The third-order valence-electron chi connectivity index (χ3n) is 7.16. The lowest BCUT2D eigenvalue weighted by Crippen LogP contribution is -2.42. The number of carbonyl (C=O) groups is 2. The first kappa shape index (κ1) is 35.0. The van der Waals surface area contributed by atoms with E-state index in [0.29, 0.717) is 6.61 Å². The molecule has 224 valence electrons. The monoisotopic (exact) mass is 554 g/mol. The van der Waals surface area contributed by atoms with Crippen LogP contribution in [0.15, 0.2) is 36.0 Å². The summed E-state index contributed by atoms with van der Waals surface area (Å²) in [7, 11) is 1.67. The quantitative estimate of drug-likeness (QED) is 0.151. The highest BCUT2D eigenvalue weighted by Gasteiger charge is 2.35. The van der Waals surface area contributed by atoms with Crippen molar-refractivity contribution in [2.45, 2.75) is 110 Å². The van der Waals surface area contributed by atoms with E-state index in [0.717, 1.165) is 12.0 Å². The van der Waals surface area contributed by atoms with Crippen LogP contribution in [-0.4, -0.2) is 77.3 Å². The maximum atomic E-state index is 12.6. The number of hydrogen-bond donors (Lipinski definition) is 3. The number of rotatable bonds is 11. The average molecular weight is 555 g/mol. The second-order valence-corrected chi connectivity index (χ2v) is 11.0. The van der Waals surface area contributed by atoms with Crippen LogP contribution < -0.4 is 0 Å². The fraction of sp³-hybridized carbons (Fsp3) is 0.733. The average Bonchev–Trinajstić information content (AvgIpc) is 2.86. The Morgan fingerprint density at radius 3 is 2.54 bits per heavy atom. The van der Waals surface area contributed by atoms with Crippen molar-refractivity contribution in [3.8, 4) is 0 Å². The molecule has 0 saturated carbocycles. The molecule has 1 aliphatic heterocycles. The second kappa shape index (κ2) is 16.9. The zero-order chi connectivity index (χ0) is 29.8. The van der Waals surface area contributed by atoms with Gasteiger partial charge in [-0.3, -0.25) is 9.59 Å². The highest BCUT2D eigenvalue weighted by atomic mass is 16.6. The molecule has 9 unspecified atom stereocenters. The lowest BCUT2D eigenvalue weighted by Gasteiger charge is -2.32. The molecule has 0 aromatic rings. The van der Waals surface area contributed by atoms with Gasteiger partial charge in [-0.1, -0.05) is 52.0 Å². The van der Waals surface area contributed by atoms with Crippen molar-refractivity contribution in [1.29, 1.82) is 0 Å². The van der Waals surface area contributed by atoms with Crippen molar-refractivity contribution in [2.75, 3.05) is 13.7 Å². The molecule has 0 aromatic heterocycles. The summed E-state index contributed by atoms with van der Waals surface area (Å²) in [6, 6.07) is 0. The van der Waals surface area contributed by atoms with Gasteiger partial charge in [0.15, 0.2) is 6.29 Å². The minimum Gasteiger partial charge on any atom is -0.457 e. The SMILES string of the molecule is CCC(OC)C(C)COC(O)C(C)C=CC=C(C)C1OC(=O)CC(O)CCC(C)(O)C(OC(C)=O)C=CC1C. The molecular weight excluding hydrogens is 504 g/mol. The van der Waals surface area contributed by atoms with E-state index in [2.05, 4.69) is 0 Å². The summed E-state index contributed by atoms with van der Waals surface area (Å²) in [5.41, 5.74) is -0.686. The standard InChI is InChI=1S/C30H50O9/c1-9-25(36-8)22(5)18-37-29(34)21(4)12-10-11-19(2)28-20(3)13-14-26(38-23(6)31)30(7,35)16-15-24(32)17-27(33)39-28/h10-14,20-22,24-26,28-29,32,34-35H,9,15-18H2,1-8H3. The molecule has 0 bridgehead atoms. The van der Waals surface area contributed by atoms with Gasteiger partial charge in [-0.2, -0.15) is 0 Å². The van der Waals surface area contributed by atoms with Gasteiger partial charge in [-0.25, -0.2) is 0 Å². The van der Waals surface area contributed by atoms with E-state index in [-0.39, 0.29) is 43.1 Å². The van der Waals surface area contributed by atoms with Gasteiger partial charge in [0.05, 0.1) is 25.2 Å². The summed E-state index contributed by atoms with van der Waals surface area (Å²) in [4.78, 5) is 24.2. The highest BCUT2D eigenvalue weighted by molar-refractivity contribution is 5.70. The maximum absolute atomic E-state index is 12.6. The van der Waals surface area contributed by atoms with Crippen LogP contribution in [0.2, 0.25) is 0 Å². The summed E-state index contributed by atoms with van der Waals surface area (Å²) in [5.74, 6) is -1.56. The lowest BCUT2D eigenvalue weighted by atomic mass is 9.88. The third kappa shape index (κ3) is 12.3. The molecular formula is C30H50O9. The van der Waals surface area contributed by atoms with Gasteiger partial charge in [0.2, 0.25) is 0 Å². The third-order valence-corrected chi connectivity index (χ3v) is 7.16. The Bertz CT molecular complexity index is 843. The fourth-order valence-electron chi connectivity index (χ4n) is 4.51. The van der Waals surface area contributed by atoms with E-state index in [1.165, 1.54) is 6.92 Å². The van der Waals surface area contributed by atoms with Crippen molar-refractivity contribution in [2.24, 2.45) is 17.8 Å². The van der Waals surface area contributed by atoms with Crippen molar-refractivity contribution in [3.05, 3.63) is 36.0 Å². The van der Waals surface area contributed by atoms with Crippen LogP contribution in [0, 0.1) is 17.8 Å². The number of carbonyl (C=O) groups excluding carboxylic acids is 2. The predicted octanol–water partition coefficient (Wildman–Crippen LogP) is 3.85. The second-order valence-electron chi connectivity index (χ2n) is 11.0. The molecule has 0 spiro atoms. The number of methoxy groups -OCH3 is 1. The molecule has 0 amide bonds. The van der Waals surface area contributed by atoms with Gasteiger partial charge in [0.1, 0.15) is 17.8 Å². The van der Waals surface area contributed by atoms with E-state index in [1.54, 1.807) is 38.3 Å². The van der Waals surface area contributed by atoms with Crippen LogP contribution in [0.1, 0.15) is 74.1 Å². The predicted molar refractivity (Wildman–Crippen MR) is 148 cm³/mol. The van der Waals surface area contributed by atoms with Crippen molar-refractivity contribution in [1.82, 2.24) is 0 Å². The van der Waals surface area contributed by atoms with Crippen molar-refractivity contribution >= 4 is 11.9 Å². The minimum atomic E-state index is -1.42. The summed E-state index contributed by atoms with van der Waals surface area (Å²) in [6.45, 7) is 12.8. The minimum absolute atomic E-state index is 0.0647. The Balaban J connectivity index is 3.04. The summed E-state index contributed by atoms with van der Waals surface area (Å²) < 4.78 is 22.2. The van der Waals surface area contributed by atoms with Gasteiger partial charge < -0.3 is 34.3 Å². The van der Waals surface area contributed by atoms with Gasteiger partial charge in [-0.05, 0) is 44.8 Å². The topological polar surface area (TPSA) is 132 Å². The normalized spacial score (nSPS) is 30.5. The molecule has 9 heteroatoms. The van der Waals surface area contributed by atoms with Crippen LogP contribution in [-0.2, 0) is 28.5 Å². The van der Waals surface area contributed by atoms with Crippen molar-refractivity contribution < 1.29 is 43.9 Å². The van der Waals surface area contributed by atoms with E-state index >= 15 is 0 Å². The Kier molecular flexibility index (Phi) is 15.2. The van der Waals surface area contributed by atoms with E-state index in [1.807, 2.05) is 40.7 Å². The number of ether oxygens (including phenoxy) is 4. The summed E-state index contributed by atoms with van der Waals surface area (Å²) in [5, 5.41) is 31.7. The molecule has 1 rings (SSSR count). The smallest absolute Gasteiger partial charge is 0.309 e. The molecule has 1 aliphatic rings. The largest absolute Gasteiger partial charge is 0.457 e. The van der Waals surface area contributed by atoms with Gasteiger partial charge in [-0.15, -0.1) is 0 Å². The van der Waals surface area contributed by atoms with Crippen molar-refractivity contribution in [3.63, 3.8) is 0 Å². The molecule has 0 aromatic carbocycles. The van der Waals surface area contributed by atoms with Gasteiger partial charge in [0, 0.05) is 31.8 Å². The number of esters is 2. The molecule has 39 heavy (non-hydrogen) atoms. The van der Waals surface area contributed by atoms with E-state index in [4.69, 9.17) is 18.9 Å². The first-order valence-electron chi connectivity index (χ1n) is 13.8. The number of hydrogen-bond acceptors (Lipinski definition) is 9. The molecule has 0 radical (unpaired) electrons. The van der Waals surface area contributed by atoms with Gasteiger partial charge >= 0.3 is 11.9 Å². The number of aliphatic hydroxyl groups is 3. The zero-order valence-electron chi connectivity index (χ0n) is 24.8. The van der Waals surface area contributed by atoms with Crippen LogP contribution in [0.3, 0.4) is 0 Å². The molecule has 0 saturated heterocycles. The fourth-order valence-corrected chi connectivity index (χ4v) is 4.51. The molecule has 3 N–H and O–H groups in total. The van der Waals surface area contributed by atoms with Crippen LogP contribution in [0.4, 0.5) is 0 Å². The number of aliphatic hydroxyl groups excluding tert-OH is 2. The molecule has 0 aliphatic carbocycles. The Labute approximate surface area is 233 Å². The van der Waals surface area contributed by atoms with Crippen LogP contribution in [0.5, 0.6) is 0 Å². The number of allylic oxidation sites excluding steroid dienone is 2. The van der Waals surface area contributed by atoms with E-state index < -0.39 is 42.1 Å². The zero-order valence-corrected chi connectivity index (χ0v) is 24.8. The summed E-state index contributed by atoms with van der Waals surface area (Å²) in [6.07, 6.45) is 6.14. The van der Waals surface area contributed by atoms with E-state index in [9.17, 15) is 24.9 Å². The van der Waals surface area contributed by atoms with Crippen LogP contribution >= 0.6 is 0 Å².